The first-order valence-electron chi connectivity index (χ1n) is 8.12. The number of aliphatic hydroxyl groups is 1. The van der Waals surface area contributed by atoms with Gasteiger partial charge in [0.05, 0.1) is 29.8 Å². The maximum atomic E-state index is 12.5. The number of aliphatic hydroxyl groups excluding tert-OH is 1. The summed E-state index contributed by atoms with van der Waals surface area (Å²) >= 11 is 7.94. The SMILES string of the molecule is O=C(c1cnc(NC(CCO)c2cccs2)c(Cl)c1)N1CCOCC1. The number of carbonyl (C=O) groups is 1. The van der Waals surface area contributed by atoms with Gasteiger partial charge in [-0.25, -0.2) is 4.98 Å². The second kappa shape index (κ2) is 8.62. The van der Waals surface area contributed by atoms with Crippen molar-refractivity contribution >= 4 is 34.7 Å². The fourth-order valence-corrected chi connectivity index (χ4v) is 3.71. The zero-order valence-electron chi connectivity index (χ0n) is 13.7. The van der Waals surface area contributed by atoms with Crippen LogP contribution in [0.1, 0.15) is 27.7 Å². The Labute approximate surface area is 155 Å². The monoisotopic (exact) mass is 381 g/mol. The lowest BCUT2D eigenvalue weighted by Crippen LogP contribution is -2.40. The zero-order valence-corrected chi connectivity index (χ0v) is 15.2. The summed E-state index contributed by atoms with van der Waals surface area (Å²) in [5.74, 6) is 0.418. The van der Waals surface area contributed by atoms with Crippen LogP contribution in [0.3, 0.4) is 0 Å². The van der Waals surface area contributed by atoms with Gasteiger partial charge in [-0.15, -0.1) is 11.3 Å². The molecule has 3 heterocycles. The van der Waals surface area contributed by atoms with Crippen molar-refractivity contribution in [3.05, 3.63) is 45.2 Å². The van der Waals surface area contributed by atoms with E-state index in [0.29, 0.717) is 49.1 Å². The van der Waals surface area contributed by atoms with Crippen LogP contribution in [0.25, 0.3) is 0 Å². The summed E-state index contributed by atoms with van der Waals surface area (Å²) in [5.41, 5.74) is 0.465. The summed E-state index contributed by atoms with van der Waals surface area (Å²) in [6, 6.07) is 5.53. The van der Waals surface area contributed by atoms with Gasteiger partial charge in [0.1, 0.15) is 5.82 Å². The van der Waals surface area contributed by atoms with E-state index in [9.17, 15) is 9.90 Å². The smallest absolute Gasteiger partial charge is 0.255 e. The Balaban J connectivity index is 1.73. The van der Waals surface area contributed by atoms with Gasteiger partial charge in [0.25, 0.3) is 5.91 Å². The lowest BCUT2D eigenvalue weighted by molar-refractivity contribution is 0.0302. The van der Waals surface area contributed by atoms with E-state index < -0.39 is 0 Å². The minimum absolute atomic E-state index is 0.0563. The third-order valence-corrected chi connectivity index (χ3v) is 5.28. The van der Waals surface area contributed by atoms with Crippen molar-refractivity contribution in [2.75, 3.05) is 38.2 Å². The third-order valence-electron chi connectivity index (χ3n) is 4.00. The number of hydrogen-bond donors (Lipinski definition) is 2. The molecule has 1 aliphatic heterocycles. The highest BCUT2D eigenvalue weighted by molar-refractivity contribution is 7.10. The number of ether oxygens (including phenoxy) is 1. The van der Waals surface area contributed by atoms with Gasteiger partial charge in [0.15, 0.2) is 0 Å². The molecule has 0 bridgehead atoms. The molecule has 1 aliphatic rings. The highest BCUT2D eigenvalue weighted by atomic mass is 35.5. The Bertz CT molecular complexity index is 705. The fraction of sp³-hybridized carbons (Fsp3) is 0.412. The van der Waals surface area contributed by atoms with Crippen molar-refractivity contribution in [2.24, 2.45) is 0 Å². The zero-order chi connectivity index (χ0) is 17.6. The van der Waals surface area contributed by atoms with Crippen molar-refractivity contribution in [1.82, 2.24) is 9.88 Å². The number of nitrogens with zero attached hydrogens (tertiary/aromatic N) is 2. The molecule has 2 aromatic heterocycles. The van der Waals surface area contributed by atoms with E-state index >= 15 is 0 Å². The van der Waals surface area contributed by atoms with Gasteiger partial charge in [-0.05, 0) is 23.9 Å². The Hall–Kier alpha value is -1.67. The number of nitrogens with one attached hydrogen (secondary N) is 1. The molecule has 1 saturated heterocycles. The summed E-state index contributed by atoms with van der Waals surface area (Å²) in [4.78, 5) is 19.7. The first-order valence-corrected chi connectivity index (χ1v) is 9.38. The van der Waals surface area contributed by atoms with Gasteiger partial charge in [-0.3, -0.25) is 4.79 Å². The summed E-state index contributed by atoms with van der Waals surface area (Å²) in [5, 5.41) is 14.9. The summed E-state index contributed by atoms with van der Waals surface area (Å²) in [7, 11) is 0. The van der Waals surface area contributed by atoms with E-state index in [-0.39, 0.29) is 18.6 Å². The highest BCUT2D eigenvalue weighted by Crippen LogP contribution is 2.29. The van der Waals surface area contributed by atoms with Crippen LogP contribution in [0, 0.1) is 0 Å². The first kappa shape index (κ1) is 18.1. The second-order valence-electron chi connectivity index (χ2n) is 5.68. The van der Waals surface area contributed by atoms with Gasteiger partial charge in [-0.2, -0.15) is 0 Å². The molecule has 1 atom stereocenters. The maximum Gasteiger partial charge on any atom is 0.255 e. The average Bonchev–Trinajstić information content (AvgIpc) is 3.17. The van der Waals surface area contributed by atoms with Crippen molar-refractivity contribution in [3.63, 3.8) is 0 Å². The van der Waals surface area contributed by atoms with E-state index in [1.165, 1.54) is 6.20 Å². The van der Waals surface area contributed by atoms with Crippen LogP contribution in [-0.4, -0.2) is 53.8 Å². The number of anilines is 1. The topological polar surface area (TPSA) is 74.7 Å². The number of rotatable bonds is 6. The third kappa shape index (κ3) is 4.49. The maximum absolute atomic E-state index is 12.5. The number of pyridine rings is 1. The molecule has 2 aromatic rings. The molecule has 25 heavy (non-hydrogen) atoms. The van der Waals surface area contributed by atoms with Crippen molar-refractivity contribution in [2.45, 2.75) is 12.5 Å². The van der Waals surface area contributed by atoms with Gasteiger partial charge in [-0.1, -0.05) is 17.7 Å². The molecule has 8 heteroatoms. The lowest BCUT2D eigenvalue weighted by atomic mass is 10.1. The van der Waals surface area contributed by atoms with Crippen molar-refractivity contribution < 1.29 is 14.6 Å². The molecule has 0 aromatic carbocycles. The number of morpholine rings is 1. The molecular formula is C17H20ClN3O3S. The van der Waals surface area contributed by atoms with E-state index in [1.54, 1.807) is 22.3 Å². The average molecular weight is 382 g/mol. The molecule has 1 unspecified atom stereocenters. The number of hydrogen-bond acceptors (Lipinski definition) is 6. The first-order chi connectivity index (χ1) is 12.2. The number of amides is 1. The van der Waals surface area contributed by atoms with Crippen LogP contribution in [0.15, 0.2) is 29.8 Å². The van der Waals surface area contributed by atoms with Crippen LogP contribution >= 0.6 is 22.9 Å². The van der Waals surface area contributed by atoms with E-state index in [4.69, 9.17) is 16.3 Å². The highest BCUT2D eigenvalue weighted by Gasteiger charge is 2.21. The van der Waals surface area contributed by atoms with E-state index in [1.807, 2.05) is 17.5 Å². The molecule has 0 spiro atoms. The quantitative estimate of drug-likeness (QED) is 0.804. The number of aromatic nitrogens is 1. The number of carbonyl (C=O) groups excluding carboxylic acids is 1. The predicted octanol–water partition coefficient (Wildman–Crippen LogP) is 2.80. The molecule has 1 fully saturated rings. The molecule has 0 aliphatic carbocycles. The summed E-state index contributed by atoms with van der Waals surface area (Å²) < 4.78 is 5.27. The van der Waals surface area contributed by atoms with Gasteiger partial charge in [0.2, 0.25) is 0 Å². The molecule has 0 saturated carbocycles. The van der Waals surface area contributed by atoms with E-state index in [2.05, 4.69) is 10.3 Å². The van der Waals surface area contributed by atoms with Crippen LogP contribution in [0.2, 0.25) is 5.02 Å². The number of halogens is 1. The van der Waals surface area contributed by atoms with Crippen molar-refractivity contribution in [3.8, 4) is 0 Å². The minimum Gasteiger partial charge on any atom is -0.396 e. The Kier molecular flexibility index (Phi) is 6.25. The predicted molar refractivity (Wildman–Crippen MR) is 98.4 cm³/mol. The fourth-order valence-electron chi connectivity index (χ4n) is 2.68. The molecule has 1 amide bonds. The van der Waals surface area contributed by atoms with Crippen LogP contribution in [0.4, 0.5) is 5.82 Å². The van der Waals surface area contributed by atoms with Crippen molar-refractivity contribution in [1.29, 1.82) is 0 Å². The largest absolute Gasteiger partial charge is 0.396 e. The second-order valence-corrected chi connectivity index (χ2v) is 7.07. The molecule has 0 radical (unpaired) electrons. The summed E-state index contributed by atoms with van der Waals surface area (Å²) in [6.07, 6.45) is 2.09. The Morgan fingerprint density at radius 3 is 2.92 bits per heavy atom. The molecule has 134 valence electrons. The van der Waals surface area contributed by atoms with Crippen LogP contribution in [-0.2, 0) is 4.74 Å². The van der Waals surface area contributed by atoms with Gasteiger partial charge in [0, 0.05) is 30.8 Å². The molecule has 3 rings (SSSR count). The summed E-state index contributed by atoms with van der Waals surface area (Å²) in [6.45, 7) is 2.31. The Morgan fingerprint density at radius 1 is 1.48 bits per heavy atom. The lowest BCUT2D eigenvalue weighted by Gasteiger charge is -2.27. The standard InChI is InChI=1S/C17H20ClN3O3S/c18-13-10-12(17(23)21-4-7-24-8-5-21)11-19-16(13)20-14(3-6-22)15-2-1-9-25-15/h1-2,9-11,14,22H,3-8H2,(H,19,20). The normalized spacial score (nSPS) is 15.8. The van der Waals surface area contributed by atoms with Crippen LogP contribution in [0.5, 0.6) is 0 Å². The number of thiophene rings is 1. The Morgan fingerprint density at radius 2 is 2.28 bits per heavy atom. The van der Waals surface area contributed by atoms with Gasteiger partial charge >= 0.3 is 0 Å². The van der Waals surface area contributed by atoms with E-state index in [0.717, 1.165) is 4.88 Å². The minimum atomic E-state index is -0.0885. The molecular weight excluding hydrogens is 362 g/mol. The van der Waals surface area contributed by atoms with Crippen LogP contribution < -0.4 is 5.32 Å². The van der Waals surface area contributed by atoms with Gasteiger partial charge < -0.3 is 20.1 Å². The molecule has 2 N–H and O–H groups in total. The molecule has 6 nitrogen and oxygen atoms in total.